The molecule has 1 aromatic carbocycles. The van der Waals surface area contributed by atoms with Crippen LogP contribution >= 0.6 is 0 Å². The van der Waals surface area contributed by atoms with Crippen LogP contribution in [0.4, 0.5) is 0 Å². The Labute approximate surface area is 99.5 Å². The van der Waals surface area contributed by atoms with E-state index in [2.05, 4.69) is 45.0 Å². The molecule has 0 aliphatic rings. The van der Waals surface area contributed by atoms with Crippen LogP contribution in [0.25, 0.3) is 0 Å². The second-order valence-electron chi connectivity index (χ2n) is 4.76. The second-order valence-corrected chi connectivity index (χ2v) is 4.76. The van der Waals surface area contributed by atoms with Gasteiger partial charge in [0.2, 0.25) is 0 Å². The molecule has 0 saturated heterocycles. The van der Waals surface area contributed by atoms with E-state index < -0.39 is 0 Å². The lowest BCUT2D eigenvalue weighted by molar-refractivity contribution is 0.139. The topological polar surface area (TPSA) is 20.2 Å². The third-order valence-electron chi connectivity index (χ3n) is 3.35. The maximum absolute atomic E-state index is 10.0. The number of hydrogen-bond donors (Lipinski definition) is 1. The molecule has 16 heavy (non-hydrogen) atoms. The maximum atomic E-state index is 10.0. The van der Waals surface area contributed by atoms with Gasteiger partial charge in [0.15, 0.2) is 0 Å². The lowest BCUT2D eigenvalue weighted by Gasteiger charge is -2.17. The Morgan fingerprint density at radius 2 is 1.62 bits per heavy atom. The molecule has 0 aliphatic carbocycles. The van der Waals surface area contributed by atoms with Crippen molar-refractivity contribution in [2.45, 2.75) is 52.6 Å². The third kappa shape index (κ3) is 4.36. The standard InChI is InChI=1S/C15H24O/c1-4-13(5-2)10-15(16)11-14-8-6-12(3)7-9-14/h6-9,13,15-16H,4-5,10-11H2,1-3H3. The fourth-order valence-electron chi connectivity index (χ4n) is 2.09. The van der Waals surface area contributed by atoms with Crippen molar-refractivity contribution in [2.24, 2.45) is 5.92 Å². The van der Waals surface area contributed by atoms with Crippen molar-refractivity contribution in [3.63, 3.8) is 0 Å². The first kappa shape index (κ1) is 13.2. The van der Waals surface area contributed by atoms with Crippen molar-refractivity contribution in [3.8, 4) is 0 Å². The molecular weight excluding hydrogens is 196 g/mol. The monoisotopic (exact) mass is 220 g/mol. The molecule has 1 rings (SSSR count). The van der Waals surface area contributed by atoms with Crippen LogP contribution in [0.5, 0.6) is 0 Å². The zero-order chi connectivity index (χ0) is 12.0. The van der Waals surface area contributed by atoms with E-state index in [0.717, 1.165) is 12.8 Å². The predicted molar refractivity (Wildman–Crippen MR) is 69.6 cm³/mol. The van der Waals surface area contributed by atoms with E-state index in [1.165, 1.54) is 24.0 Å². The molecular formula is C15H24O. The maximum Gasteiger partial charge on any atom is 0.0583 e. The average molecular weight is 220 g/mol. The van der Waals surface area contributed by atoms with E-state index in [-0.39, 0.29) is 6.10 Å². The van der Waals surface area contributed by atoms with Crippen molar-refractivity contribution >= 4 is 0 Å². The highest BCUT2D eigenvalue weighted by atomic mass is 16.3. The molecule has 0 radical (unpaired) electrons. The van der Waals surface area contributed by atoms with Gasteiger partial charge in [-0.25, -0.2) is 0 Å². The molecule has 1 aromatic rings. The van der Waals surface area contributed by atoms with E-state index >= 15 is 0 Å². The Morgan fingerprint density at radius 3 is 2.12 bits per heavy atom. The highest BCUT2D eigenvalue weighted by Crippen LogP contribution is 2.17. The van der Waals surface area contributed by atoms with Gasteiger partial charge >= 0.3 is 0 Å². The highest BCUT2D eigenvalue weighted by molar-refractivity contribution is 5.21. The summed E-state index contributed by atoms with van der Waals surface area (Å²) in [5.41, 5.74) is 2.52. The van der Waals surface area contributed by atoms with Crippen molar-refractivity contribution < 1.29 is 5.11 Å². The zero-order valence-electron chi connectivity index (χ0n) is 10.7. The van der Waals surface area contributed by atoms with E-state index in [1.54, 1.807) is 0 Å². The molecule has 1 heteroatoms. The van der Waals surface area contributed by atoms with Crippen molar-refractivity contribution in [1.29, 1.82) is 0 Å². The number of aliphatic hydroxyl groups excluding tert-OH is 1. The van der Waals surface area contributed by atoms with E-state index in [1.807, 2.05) is 0 Å². The summed E-state index contributed by atoms with van der Waals surface area (Å²) in [7, 11) is 0. The van der Waals surface area contributed by atoms with Crippen LogP contribution in [-0.4, -0.2) is 11.2 Å². The SMILES string of the molecule is CCC(CC)CC(O)Cc1ccc(C)cc1. The third-order valence-corrected chi connectivity index (χ3v) is 3.35. The fraction of sp³-hybridized carbons (Fsp3) is 0.600. The summed E-state index contributed by atoms with van der Waals surface area (Å²) >= 11 is 0. The Hall–Kier alpha value is -0.820. The Bertz CT molecular complexity index is 285. The molecule has 0 amide bonds. The molecule has 0 heterocycles. The summed E-state index contributed by atoms with van der Waals surface area (Å²) < 4.78 is 0. The summed E-state index contributed by atoms with van der Waals surface area (Å²) in [6, 6.07) is 8.45. The Kier molecular flexibility index (Phi) is 5.54. The molecule has 1 nitrogen and oxygen atoms in total. The van der Waals surface area contributed by atoms with E-state index in [9.17, 15) is 5.11 Å². The van der Waals surface area contributed by atoms with Crippen LogP contribution in [-0.2, 0) is 6.42 Å². The molecule has 0 aromatic heterocycles. The van der Waals surface area contributed by atoms with Crippen molar-refractivity contribution in [1.82, 2.24) is 0 Å². The average Bonchev–Trinajstić information content (AvgIpc) is 2.29. The Balaban J connectivity index is 2.44. The van der Waals surface area contributed by atoms with Crippen LogP contribution in [0, 0.1) is 12.8 Å². The van der Waals surface area contributed by atoms with Crippen LogP contribution in [0.15, 0.2) is 24.3 Å². The van der Waals surface area contributed by atoms with E-state index in [4.69, 9.17) is 0 Å². The fourth-order valence-corrected chi connectivity index (χ4v) is 2.09. The molecule has 0 saturated carbocycles. The summed E-state index contributed by atoms with van der Waals surface area (Å²) in [6.45, 7) is 6.49. The number of aliphatic hydroxyl groups is 1. The minimum Gasteiger partial charge on any atom is -0.393 e. The Morgan fingerprint density at radius 1 is 1.06 bits per heavy atom. The number of aryl methyl sites for hydroxylation is 1. The first-order valence-corrected chi connectivity index (χ1v) is 6.39. The van der Waals surface area contributed by atoms with Crippen LogP contribution in [0.3, 0.4) is 0 Å². The lowest BCUT2D eigenvalue weighted by atomic mass is 9.93. The van der Waals surface area contributed by atoms with Gasteiger partial charge < -0.3 is 5.11 Å². The van der Waals surface area contributed by atoms with Gasteiger partial charge in [0.1, 0.15) is 0 Å². The van der Waals surface area contributed by atoms with Crippen molar-refractivity contribution in [3.05, 3.63) is 35.4 Å². The van der Waals surface area contributed by atoms with Gasteiger partial charge in [0.25, 0.3) is 0 Å². The molecule has 0 spiro atoms. The molecule has 0 bridgehead atoms. The summed E-state index contributed by atoms with van der Waals surface area (Å²) in [6.07, 6.45) is 3.87. The molecule has 90 valence electrons. The van der Waals surface area contributed by atoms with Gasteiger partial charge in [-0.2, -0.15) is 0 Å². The van der Waals surface area contributed by atoms with E-state index in [0.29, 0.717) is 5.92 Å². The number of hydrogen-bond acceptors (Lipinski definition) is 1. The first-order chi connectivity index (χ1) is 7.65. The lowest BCUT2D eigenvalue weighted by Crippen LogP contribution is -2.15. The van der Waals surface area contributed by atoms with Gasteiger partial charge in [-0.1, -0.05) is 56.5 Å². The summed E-state index contributed by atoms with van der Waals surface area (Å²) in [4.78, 5) is 0. The molecule has 1 unspecified atom stereocenters. The first-order valence-electron chi connectivity index (χ1n) is 6.39. The molecule has 1 N–H and O–H groups in total. The number of benzene rings is 1. The second kappa shape index (κ2) is 6.70. The summed E-state index contributed by atoms with van der Waals surface area (Å²) in [5, 5.41) is 10.0. The van der Waals surface area contributed by atoms with Gasteiger partial charge in [0.05, 0.1) is 6.10 Å². The molecule has 0 fully saturated rings. The van der Waals surface area contributed by atoms with Gasteiger partial charge in [-0.3, -0.25) is 0 Å². The number of rotatable bonds is 6. The minimum atomic E-state index is -0.187. The quantitative estimate of drug-likeness (QED) is 0.774. The van der Waals surface area contributed by atoms with Crippen LogP contribution < -0.4 is 0 Å². The van der Waals surface area contributed by atoms with Gasteiger partial charge in [0, 0.05) is 0 Å². The normalized spacial score (nSPS) is 13.1. The molecule has 1 atom stereocenters. The van der Waals surface area contributed by atoms with Gasteiger partial charge in [-0.05, 0) is 31.2 Å². The zero-order valence-corrected chi connectivity index (χ0v) is 10.7. The van der Waals surface area contributed by atoms with Crippen LogP contribution in [0.2, 0.25) is 0 Å². The smallest absolute Gasteiger partial charge is 0.0583 e. The molecule has 0 aliphatic heterocycles. The van der Waals surface area contributed by atoms with Gasteiger partial charge in [-0.15, -0.1) is 0 Å². The van der Waals surface area contributed by atoms with Crippen molar-refractivity contribution in [2.75, 3.05) is 0 Å². The predicted octanol–water partition coefficient (Wildman–Crippen LogP) is 3.72. The highest BCUT2D eigenvalue weighted by Gasteiger charge is 2.11. The van der Waals surface area contributed by atoms with Crippen LogP contribution in [0.1, 0.15) is 44.2 Å². The summed E-state index contributed by atoms with van der Waals surface area (Å²) in [5.74, 6) is 0.667. The minimum absolute atomic E-state index is 0.187. The largest absolute Gasteiger partial charge is 0.393 e.